The lowest BCUT2D eigenvalue weighted by Crippen LogP contribution is -2.29. The number of hydrogen-bond donors (Lipinski definition) is 1. The van der Waals surface area contributed by atoms with Crippen LogP contribution in [-0.2, 0) is 0 Å². The summed E-state index contributed by atoms with van der Waals surface area (Å²) in [4.78, 5) is 26.2. The van der Waals surface area contributed by atoms with Crippen molar-refractivity contribution < 1.29 is 4.79 Å². The Morgan fingerprint density at radius 2 is 1.52 bits per heavy atom. The number of carbonyl (C=O) groups excluding carboxylic acids is 1. The summed E-state index contributed by atoms with van der Waals surface area (Å²) in [7, 11) is 0. The number of carbonyl (C=O) groups is 1. The lowest BCUT2D eigenvalue weighted by atomic mass is 10.1. The van der Waals surface area contributed by atoms with Gasteiger partial charge in [0.15, 0.2) is 0 Å². The largest absolute Gasteiger partial charge is 0.372 e. The maximum Gasteiger partial charge on any atom is 0.274 e. The molecule has 0 aliphatic carbocycles. The molecule has 2 aliphatic rings. The third-order valence-corrected chi connectivity index (χ3v) is 5.33. The fourth-order valence-corrected chi connectivity index (χ4v) is 3.88. The highest BCUT2D eigenvalue weighted by Crippen LogP contribution is 2.23. The Morgan fingerprint density at radius 3 is 2.22 bits per heavy atom. The molecule has 2 aliphatic heterocycles. The molecule has 27 heavy (non-hydrogen) atoms. The molecule has 2 saturated heterocycles. The van der Waals surface area contributed by atoms with E-state index >= 15 is 0 Å². The van der Waals surface area contributed by atoms with Gasteiger partial charge in [-0.3, -0.25) is 4.79 Å². The first-order chi connectivity index (χ1) is 13.2. The molecular weight excluding hydrogens is 338 g/mol. The van der Waals surface area contributed by atoms with Gasteiger partial charge in [0.2, 0.25) is 0 Å². The van der Waals surface area contributed by atoms with E-state index in [1.165, 1.54) is 37.8 Å². The van der Waals surface area contributed by atoms with Crippen LogP contribution in [-0.4, -0.2) is 42.1 Å². The van der Waals surface area contributed by atoms with Gasteiger partial charge in [0.1, 0.15) is 17.3 Å². The van der Waals surface area contributed by atoms with Crippen LogP contribution in [0.4, 0.5) is 17.2 Å². The van der Waals surface area contributed by atoms with E-state index in [1.807, 2.05) is 19.1 Å². The number of hydrogen-bond acceptors (Lipinski definition) is 5. The maximum absolute atomic E-state index is 12.7. The van der Waals surface area contributed by atoms with Crippen molar-refractivity contribution >= 4 is 23.1 Å². The molecule has 0 spiro atoms. The van der Waals surface area contributed by atoms with E-state index in [0.29, 0.717) is 11.5 Å². The van der Waals surface area contributed by atoms with Crippen molar-refractivity contribution in [2.75, 3.05) is 41.3 Å². The van der Waals surface area contributed by atoms with Crippen LogP contribution >= 0.6 is 0 Å². The minimum absolute atomic E-state index is 0.188. The highest BCUT2D eigenvalue weighted by molar-refractivity contribution is 6.03. The highest BCUT2D eigenvalue weighted by Gasteiger charge is 2.18. The molecule has 142 valence electrons. The van der Waals surface area contributed by atoms with Crippen LogP contribution in [0.25, 0.3) is 0 Å². The standard InChI is InChI=1S/C21H27N5O/c1-16-22-19(15-20(23-16)26-13-5-6-14-26)21(27)24-17-7-9-18(10-8-17)25-11-3-2-4-12-25/h7-10,15H,2-6,11-14H2,1H3,(H,24,27). The van der Waals surface area contributed by atoms with E-state index in [1.54, 1.807) is 6.07 Å². The second-order valence-corrected chi connectivity index (χ2v) is 7.40. The molecule has 1 amide bonds. The van der Waals surface area contributed by atoms with Crippen LogP contribution < -0.4 is 15.1 Å². The van der Waals surface area contributed by atoms with E-state index in [9.17, 15) is 4.79 Å². The molecule has 0 unspecified atom stereocenters. The lowest BCUT2D eigenvalue weighted by molar-refractivity contribution is 0.102. The van der Waals surface area contributed by atoms with E-state index < -0.39 is 0 Å². The number of piperidine rings is 1. The van der Waals surface area contributed by atoms with Crippen LogP contribution in [0.5, 0.6) is 0 Å². The number of nitrogens with one attached hydrogen (secondary N) is 1. The Morgan fingerprint density at radius 1 is 0.889 bits per heavy atom. The Kier molecular flexibility index (Phi) is 5.23. The molecular formula is C21H27N5O. The first-order valence-corrected chi connectivity index (χ1v) is 9.96. The highest BCUT2D eigenvalue weighted by atomic mass is 16.1. The molecule has 0 bridgehead atoms. The average Bonchev–Trinajstić information content (AvgIpc) is 3.24. The van der Waals surface area contributed by atoms with Gasteiger partial charge in [0, 0.05) is 43.6 Å². The molecule has 0 radical (unpaired) electrons. The summed E-state index contributed by atoms with van der Waals surface area (Å²) in [6, 6.07) is 9.91. The SMILES string of the molecule is Cc1nc(C(=O)Nc2ccc(N3CCCCC3)cc2)cc(N2CCCC2)n1. The van der Waals surface area contributed by atoms with E-state index in [4.69, 9.17) is 0 Å². The zero-order valence-electron chi connectivity index (χ0n) is 15.9. The van der Waals surface area contributed by atoms with E-state index in [0.717, 1.165) is 37.7 Å². The molecule has 2 fully saturated rings. The summed E-state index contributed by atoms with van der Waals surface area (Å²) in [6.07, 6.45) is 6.18. The molecule has 6 heteroatoms. The monoisotopic (exact) mass is 365 g/mol. The average molecular weight is 365 g/mol. The van der Waals surface area contributed by atoms with Gasteiger partial charge < -0.3 is 15.1 Å². The fraction of sp³-hybridized carbons (Fsp3) is 0.476. The van der Waals surface area contributed by atoms with Gasteiger partial charge in [-0.25, -0.2) is 9.97 Å². The van der Waals surface area contributed by atoms with Crippen LogP contribution in [0.2, 0.25) is 0 Å². The van der Waals surface area contributed by atoms with Gasteiger partial charge in [-0.05, 0) is 63.3 Å². The molecule has 1 N–H and O–H groups in total. The number of anilines is 3. The predicted molar refractivity (Wildman–Crippen MR) is 109 cm³/mol. The smallest absolute Gasteiger partial charge is 0.274 e. The maximum atomic E-state index is 12.7. The fourth-order valence-electron chi connectivity index (χ4n) is 3.88. The summed E-state index contributed by atoms with van der Waals surface area (Å²) in [5.41, 5.74) is 2.44. The number of aromatic nitrogens is 2. The number of benzene rings is 1. The summed E-state index contributed by atoms with van der Waals surface area (Å²) in [6.45, 7) is 6.06. The van der Waals surface area contributed by atoms with Gasteiger partial charge in [-0.2, -0.15) is 0 Å². The normalized spacial score (nSPS) is 17.2. The van der Waals surface area contributed by atoms with Crippen molar-refractivity contribution in [3.63, 3.8) is 0 Å². The third-order valence-electron chi connectivity index (χ3n) is 5.33. The molecule has 1 aromatic heterocycles. The Labute approximate surface area is 160 Å². The van der Waals surface area contributed by atoms with Gasteiger partial charge in [0.25, 0.3) is 5.91 Å². The Bertz CT molecular complexity index is 793. The second-order valence-electron chi connectivity index (χ2n) is 7.40. The minimum Gasteiger partial charge on any atom is -0.372 e. The first-order valence-electron chi connectivity index (χ1n) is 9.96. The molecule has 3 heterocycles. The molecule has 0 atom stereocenters. The topological polar surface area (TPSA) is 61.4 Å². The summed E-state index contributed by atoms with van der Waals surface area (Å²) < 4.78 is 0. The molecule has 0 saturated carbocycles. The molecule has 1 aromatic carbocycles. The van der Waals surface area contributed by atoms with Crippen molar-refractivity contribution in [1.29, 1.82) is 0 Å². The van der Waals surface area contributed by atoms with Gasteiger partial charge in [-0.1, -0.05) is 0 Å². The Hall–Kier alpha value is -2.63. The molecule has 6 nitrogen and oxygen atoms in total. The minimum atomic E-state index is -0.188. The number of rotatable bonds is 4. The lowest BCUT2D eigenvalue weighted by Gasteiger charge is -2.28. The molecule has 4 rings (SSSR count). The number of aryl methyl sites for hydroxylation is 1. The quantitative estimate of drug-likeness (QED) is 0.896. The van der Waals surface area contributed by atoms with Crippen molar-refractivity contribution in [3.8, 4) is 0 Å². The van der Waals surface area contributed by atoms with Crippen molar-refractivity contribution in [2.45, 2.75) is 39.0 Å². The summed E-state index contributed by atoms with van der Waals surface area (Å²) >= 11 is 0. The van der Waals surface area contributed by atoms with Crippen LogP contribution in [0.15, 0.2) is 30.3 Å². The number of nitrogens with zero attached hydrogens (tertiary/aromatic N) is 4. The zero-order valence-corrected chi connectivity index (χ0v) is 15.9. The van der Waals surface area contributed by atoms with Gasteiger partial charge >= 0.3 is 0 Å². The van der Waals surface area contributed by atoms with Crippen LogP contribution in [0, 0.1) is 6.92 Å². The first kappa shape index (κ1) is 17.8. The second kappa shape index (κ2) is 7.94. The van der Waals surface area contributed by atoms with E-state index in [-0.39, 0.29) is 5.91 Å². The third kappa shape index (κ3) is 4.21. The van der Waals surface area contributed by atoms with Crippen LogP contribution in [0.3, 0.4) is 0 Å². The summed E-state index contributed by atoms with van der Waals surface area (Å²) in [5, 5.41) is 2.97. The van der Waals surface area contributed by atoms with Crippen molar-refractivity contribution in [2.24, 2.45) is 0 Å². The van der Waals surface area contributed by atoms with Crippen LogP contribution in [0.1, 0.15) is 48.4 Å². The van der Waals surface area contributed by atoms with Crippen molar-refractivity contribution in [3.05, 3.63) is 41.9 Å². The van der Waals surface area contributed by atoms with E-state index in [2.05, 4.69) is 37.2 Å². The van der Waals surface area contributed by atoms with Gasteiger partial charge in [0.05, 0.1) is 0 Å². The van der Waals surface area contributed by atoms with Gasteiger partial charge in [-0.15, -0.1) is 0 Å². The predicted octanol–water partition coefficient (Wildman–Crippen LogP) is 3.63. The van der Waals surface area contributed by atoms with Crippen molar-refractivity contribution in [1.82, 2.24) is 9.97 Å². The molecule has 2 aromatic rings. The zero-order chi connectivity index (χ0) is 18.6. The Balaban J connectivity index is 1.45. The number of amides is 1. The summed E-state index contributed by atoms with van der Waals surface area (Å²) in [5.74, 6) is 1.29.